The summed E-state index contributed by atoms with van der Waals surface area (Å²) in [7, 11) is 0. The van der Waals surface area contributed by atoms with Crippen LogP contribution in [0.3, 0.4) is 0 Å². The lowest BCUT2D eigenvalue weighted by molar-refractivity contribution is -0.122. The largest absolute Gasteiger partial charge is 0.491 e. The number of halogens is 1. The quantitative estimate of drug-likeness (QED) is 0.654. The first-order chi connectivity index (χ1) is 15.4. The van der Waals surface area contributed by atoms with Gasteiger partial charge in [0.1, 0.15) is 12.4 Å². The molecule has 2 aliphatic rings. The van der Waals surface area contributed by atoms with Crippen LogP contribution in [-0.4, -0.2) is 47.9 Å². The molecular formula is C24H29ClN4O3. The van der Waals surface area contributed by atoms with Gasteiger partial charge in [0.15, 0.2) is 0 Å². The van der Waals surface area contributed by atoms with E-state index in [0.717, 1.165) is 55.8 Å². The number of aryl methyl sites for hydroxylation is 1. The van der Waals surface area contributed by atoms with Crippen molar-refractivity contribution >= 4 is 34.8 Å². The van der Waals surface area contributed by atoms with Crippen molar-refractivity contribution in [2.45, 2.75) is 44.9 Å². The van der Waals surface area contributed by atoms with Gasteiger partial charge in [-0.15, -0.1) is 0 Å². The zero-order valence-electron chi connectivity index (χ0n) is 18.5. The zero-order chi connectivity index (χ0) is 22.7. The number of amides is 2. The summed E-state index contributed by atoms with van der Waals surface area (Å²) in [6.45, 7) is 6.72. The molecule has 4 rings (SSSR count). The van der Waals surface area contributed by atoms with Gasteiger partial charge in [0.2, 0.25) is 11.8 Å². The summed E-state index contributed by atoms with van der Waals surface area (Å²) >= 11 is 6.20. The average molecular weight is 457 g/mol. The first-order valence-electron chi connectivity index (χ1n) is 11.1. The van der Waals surface area contributed by atoms with Crippen LogP contribution in [0.5, 0.6) is 5.75 Å². The predicted octanol–water partition coefficient (Wildman–Crippen LogP) is 4.15. The SMILES string of the molecule is CCCC(=O)Nc1cc(OCCN2CCC3(CC2)C(=O)Nc2ccc(Cl)cc23)cnc1C. The Kier molecular flexibility index (Phi) is 6.67. The third-order valence-corrected chi connectivity index (χ3v) is 6.61. The highest BCUT2D eigenvalue weighted by molar-refractivity contribution is 6.31. The summed E-state index contributed by atoms with van der Waals surface area (Å²) in [6, 6.07) is 7.45. The summed E-state index contributed by atoms with van der Waals surface area (Å²) in [5, 5.41) is 6.57. The van der Waals surface area contributed by atoms with Gasteiger partial charge in [-0.25, -0.2) is 0 Å². The van der Waals surface area contributed by atoms with Crippen molar-refractivity contribution in [2.24, 2.45) is 0 Å². The lowest BCUT2D eigenvalue weighted by Gasteiger charge is -2.37. The number of aromatic nitrogens is 1. The van der Waals surface area contributed by atoms with Crippen molar-refractivity contribution in [3.05, 3.63) is 46.7 Å². The Balaban J connectivity index is 1.31. The maximum absolute atomic E-state index is 12.8. The molecule has 0 aliphatic carbocycles. The molecule has 0 bridgehead atoms. The minimum atomic E-state index is -0.482. The highest BCUT2D eigenvalue weighted by Crippen LogP contribution is 2.45. The fourth-order valence-electron chi connectivity index (χ4n) is 4.49. The van der Waals surface area contributed by atoms with E-state index in [0.29, 0.717) is 29.5 Å². The highest BCUT2D eigenvalue weighted by Gasteiger charge is 2.48. The Morgan fingerprint density at radius 1 is 1.31 bits per heavy atom. The van der Waals surface area contributed by atoms with Gasteiger partial charge in [-0.2, -0.15) is 0 Å². The molecule has 32 heavy (non-hydrogen) atoms. The summed E-state index contributed by atoms with van der Waals surface area (Å²) in [5.41, 5.74) is 2.87. The van der Waals surface area contributed by atoms with Crippen molar-refractivity contribution in [1.29, 1.82) is 0 Å². The van der Waals surface area contributed by atoms with Crippen LogP contribution in [0.15, 0.2) is 30.5 Å². The molecule has 2 aromatic rings. The highest BCUT2D eigenvalue weighted by atomic mass is 35.5. The van der Waals surface area contributed by atoms with E-state index in [1.165, 1.54) is 0 Å². The van der Waals surface area contributed by atoms with Crippen LogP contribution in [0.4, 0.5) is 11.4 Å². The molecule has 1 spiro atoms. The van der Waals surface area contributed by atoms with Gasteiger partial charge in [0.25, 0.3) is 0 Å². The van der Waals surface area contributed by atoms with Gasteiger partial charge < -0.3 is 15.4 Å². The molecule has 170 valence electrons. The van der Waals surface area contributed by atoms with E-state index in [1.54, 1.807) is 6.20 Å². The lowest BCUT2D eigenvalue weighted by atomic mass is 9.73. The summed E-state index contributed by atoms with van der Waals surface area (Å²) in [5.74, 6) is 0.694. The second-order valence-electron chi connectivity index (χ2n) is 8.52. The van der Waals surface area contributed by atoms with Gasteiger partial charge in [0.05, 0.1) is 23.0 Å². The van der Waals surface area contributed by atoms with Crippen molar-refractivity contribution in [3.8, 4) is 5.75 Å². The number of rotatable bonds is 7. The summed E-state index contributed by atoms with van der Waals surface area (Å²) < 4.78 is 5.90. The van der Waals surface area contributed by atoms with Crippen LogP contribution in [0.2, 0.25) is 5.02 Å². The van der Waals surface area contributed by atoms with Crippen LogP contribution >= 0.6 is 11.6 Å². The molecule has 2 amide bonds. The number of fused-ring (bicyclic) bond motifs is 2. The Morgan fingerprint density at radius 3 is 2.84 bits per heavy atom. The number of likely N-dealkylation sites (tertiary alicyclic amines) is 1. The van der Waals surface area contributed by atoms with Crippen molar-refractivity contribution in [2.75, 3.05) is 36.9 Å². The van der Waals surface area contributed by atoms with E-state index >= 15 is 0 Å². The fourth-order valence-corrected chi connectivity index (χ4v) is 4.66. The zero-order valence-corrected chi connectivity index (χ0v) is 19.3. The van der Waals surface area contributed by atoms with E-state index in [-0.39, 0.29) is 11.8 Å². The summed E-state index contributed by atoms with van der Waals surface area (Å²) in [4.78, 5) is 31.3. The smallest absolute Gasteiger partial charge is 0.235 e. The Morgan fingerprint density at radius 2 is 2.09 bits per heavy atom. The molecule has 3 heterocycles. The molecule has 0 saturated carbocycles. The van der Waals surface area contributed by atoms with Crippen LogP contribution in [0, 0.1) is 6.92 Å². The number of hydrogen-bond donors (Lipinski definition) is 2. The van der Waals surface area contributed by atoms with E-state index in [2.05, 4.69) is 20.5 Å². The maximum atomic E-state index is 12.8. The second kappa shape index (κ2) is 9.46. The van der Waals surface area contributed by atoms with Crippen LogP contribution < -0.4 is 15.4 Å². The molecule has 1 fully saturated rings. The Hall–Kier alpha value is -2.64. The van der Waals surface area contributed by atoms with E-state index < -0.39 is 5.41 Å². The molecule has 1 aromatic carbocycles. The topological polar surface area (TPSA) is 83.6 Å². The minimum Gasteiger partial charge on any atom is -0.491 e. The number of anilines is 2. The molecule has 0 radical (unpaired) electrons. The number of benzene rings is 1. The number of carbonyl (C=O) groups is 2. The molecule has 7 nitrogen and oxygen atoms in total. The van der Waals surface area contributed by atoms with E-state index in [9.17, 15) is 9.59 Å². The van der Waals surface area contributed by atoms with Crippen molar-refractivity contribution in [3.63, 3.8) is 0 Å². The predicted molar refractivity (Wildman–Crippen MR) is 125 cm³/mol. The minimum absolute atomic E-state index is 0.0180. The molecule has 8 heteroatoms. The number of pyridine rings is 1. The number of ether oxygens (including phenoxy) is 1. The average Bonchev–Trinajstić information content (AvgIpc) is 3.03. The number of carbonyl (C=O) groups excluding carboxylic acids is 2. The maximum Gasteiger partial charge on any atom is 0.235 e. The monoisotopic (exact) mass is 456 g/mol. The van der Waals surface area contributed by atoms with E-state index in [1.807, 2.05) is 38.1 Å². The molecule has 1 aromatic heterocycles. The first kappa shape index (κ1) is 22.6. The van der Waals surface area contributed by atoms with Crippen molar-refractivity contribution in [1.82, 2.24) is 9.88 Å². The number of nitrogens with one attached hydrogen (secondary N) is 2. The number of nitrogens with zero attached hydrogens (tertiary/aromatic N) is 2. The molecule has 2 aliphatic heterocycles. The molecular weight excluding hydrogens is 428 g/mol. The third-order valence-electron chi connectivity index (χ3n) is 6.38. The number of piperidine rings is 1. The normalized spacial score (nSPS) is 17.2. The van der Waals surface area contributed by atoms with Gasteiger partial charge in [-0.1, -0.05) is 18.5 Å². The van der Waals surface area contributed by atoms with Gasteiger partial charge >= 0.3 is 0 Å². The fraction of sp³-hybridized carbons (Fsp3) is 0.458. The molecule has 0 unspecified atom stereocenters. The molecule has 1 saturated heterocycles. The van der Waals surface area contributed by atoms with Crippen molar-refractivity contribution < 1.29 is 14.3 Å². The van der Waals surface area contributed by atoms with Crippen LogP contribution in [-0.2, 0) is 15.0 Å². The standard InChI is InChI=1S/C24H29ClN4O3/c1-3-4-22(30)27-21-14-18(15-26-16(21)2)32-12-11-29-9-7-24(8-10-29)19-13-17(25)5-6-20(19)28-23(24)31/h5-6,13-15H,3-4,7-12H2,1-2H3,(H,27,30)(H,28,31). The summed E-state index contributed by atoms with van der Waals surface area (Å²) in [6.07, 6.45) is 4.47. The molecule has 0 atom stereocenters. The van der Waals surface area contributed by atoms with Gasteiger partial charge in [0, 0.05) is 29.7 Å². The second-order valence-corrected chi connectivity index (χ2v) is 8.95. The Labute approximate surface area is 193 Å². The third kappa shape index (κ3) is 4.59. The van der Waals surface area contributed by atoms with E-state index in [4.69, 9.17) is 16.3 Å². The van der Waals surface area contributed by atoms with Crippen LogP contribution in [0.25, 0.3) is 0 Å². The number of hydrogen-bond acceptors (Lipinski definition) is 5. The lowest BCUT2D eigenvalue weighted by Crippen LogP contribution is -2.47. The molecule has 2 N–H and O–H groups in total. The first-order valence-corrected chi connectivity index (χ1v) is 11.5. The van der Waals surface area contributed by atoms with Gasteiger partial charge in [-0.3, -0.25) is 19.5 Å². The Bertz CT molecular complexity index is 1020. The van der Waals surface area contributed by atoms with Crippen LogP contribution in [0.1, 0.15) is 43.9 Å². The van der Waals surface area contributed by atoms with Gasteiger partial charge in [-0.05, 0) is 63.0 Å².